The second kappa shape index (κ2) is 4.37. The van der Waals surface area contributed by atoms with Crippen molar-refractivity contribution < 1.29 is 4.74 Å². The van der Waals surface area contributed by atoms with Gasteiger partial charge in [-0.05, 0) is 19.1 Å². The molecule has 0 aliphatic rings. The van der Waals surface area contributed by atoms with Crippen LogP contribution in [0.25, 0.3) is 0 Å². The molecule has 1 aromatic carbocycles. The van der Waals surface area contributed by atoms with E-state index in [-0.39, 0.29) is 0 Å². The van der Waals surface area contributed by atoms with Gasteiger partial charge in [-0.2, -0.15) is 0 Å². The predicted molar refractivity (Wildman–Crippen MR) is 62.7 cm³/mol. The maximum atomic E-state index is 5.85. The summed E-state index contributed by atoms with van der Waals surface area (Å²) in [4.78, 5) is 8.13. The van der Waals surface area contributed by atoms with Crippen LogP contribution in [0.15, 0.2) is 30.6 Å². The molecule has 0 aliphatic carbocycles. The number of aromatic nitrogens is 2. The number of nitrogens with zero attached hydrogens (tertiary/aromatic N) is 2. The first kappa shape index (κ1) is 10.7. The molecule has 5 heteroatoms. The topological polar surface area (TPSA) is 61.0 Å². The average molecular weight is 236 g/mol. The summed E-state index contributed by atoms with van der Waals surface area (Å²) in [6, 6.07) is 5.03. The van der Waals surface area contributed by atoms with E-state index < -0.39 is 0 Å². The summed E-state index contributed by atoms with van der Waals surface area (Å²) < 4.78 is 5.54. The van der Waals surface area contributed by atoms with Gasteiger partial charge in [-0.1, -0.05) is 11.6 Å². The Morgan fingerprint density at radius 2 is 2.00 bits per heavy atom. The summed E-state index contributed by atoms with van der Waals surface area (Å²) in [5.74, 6) is 0.910. The van der Waals surface area contributed by atoms with Crippen molar-refractivity contribution in [1.29, 1.82) is 0 Å². The highest BCUT2D eigenvalue weighted by Crippen LogP contribution is 2.29. The van der Waals surface area contributed by atoms with Crippen LogP contribution in [0.1, 0.15) is 5.69 Å². The Kier molecular flexibility index (Phi) is 2.92. The first-order valence-electron chi connectivity index (χ1n) is 4.67. The van der Waals surface area contributed by atoms with E-state index in [1.165, 1.54) is 0 Å². The molecular weight excluding hydrogens is 226 g/mol. The molecule has 2 aromatic rings. The summed E-state index contributed by atoms with van der Waals surface area (Å²) in [6.07, 6.45) is 3.16. The lowest BCUT2D eigenvalue weighted by Crippen LogP contribution is -1.96. The lowest BCUT2D eigenvalue weighted by molar-refractivity contribution is 0.457. The van der Waals surface area contributed by atoms with Crippen LogP contribution in [0.5, 0.6) is 11.6 Å². The van der Waals surface area contributed by atoms with E-state index in [0.717, 1.165) is 0 Å². The number of nitrogens with two attached hydrogens (primary N) is 1. The molecule has 16 heavy (non-hydrogen) atoms. The van der Waals surface area contributed by atoms with Crippen molar-refractivity contribution in [3.05, 3.63) is 41.3 Å². The quantitative estimate of drug-likeness (QED) is 0.813. The minimum absolute atomic E-state index is 0.427. The van der Waals surface area contributed by atoms with Gasteiger partial charge < -0.3 is 10.5 Å². The van der Waals surface area contributed by atoms with Crippen LogP contribution in [0, 0.1) is 6.92 Å². The highest BCUT2D eigenvalue weighted by atomic mass is 35.5. The highest BCUT2D eigenvalue weighted by Gasteiger charge is 2.06. The maximum absolute atomic E-state index is 5.85. The minimum atomic E-state index is 0.427. The molecule has 0 saturated heterocycles. The van der Waals surface area contributed by atoms with Crippen molar-refractivity contribution in [2.45, 2.75) is 6.92 Å². The van der Waals surface area contributed by atoms with Gasteiger partial charge in [0.25, 0.3) is 0 Å². The van der Waals surface area contributed by atoms with E-state index in [1.54, 1.807) is 30.6 Å². The third-order valence-electron chi connectivity index (χ3n) is 2.02. The fourth-order valence-electron chi connectivity index (χ4n) is 1.20. The fraction of sp³-hybridized carbons (Fsp3) is 0.0909. The first-order chi connectivity index (χ1) is 7.66. The maximum Gasteiger partial charge on any atom is 0.240 e. The Morgan fingerprint density at radius 1 is 1.25 bits per heavy atom. The number of anilines is 1. The van der Waals surface area contributed by atoms with Gasteiger partial charge in [0.1, 0.15) is 0 Å². The molecular formula is C11H10ClN3O. The molecule has 1 aromatic heterocycles. The van der Waals surface area contributed by atoms with E-state index in [2.05, 4.69) is 9.97 Å². The van der Waals surface area contributed by atoms with Gasteiger partial charge in [0.05, 0.1) is 11.4 Å². The number of halogens is 1. The predicted octanol–water partition coefficient (Wildman–Crippen LogP) is 2.81. The van der Waals surface area contributed by atoms with Gasteiger partial charge in [0.15, 0.2) is 5.75 Å². The number of aryl methyl sites for hydroxylation is 1. The molecule has 0 unspecified atom stereocenters. The Balaban J connectivity index is 2.34. The van der Waals surface area contributed by atoms with E-state index in [9.17, 15) is 0 Å². The van der Waals surface area contributed by atoms with Crippen molar-refractivity contribution in [3.8, 4) is 11.6 Å². The van der Waals surface area contributed by atoms with Crippen LogP contribution in [0.2, 0.25) is 5.02 Å². The fourth-order valence-corrected chi connectivity index (χ4v) is 1.36. The van der Waals surface area contributed by atoms with Crippen LogP contribution in [-0.4, -0.2) is 9.97 Å². The van der Waals surface area contributed by atoms with Gasteiger partial charge in [-0.15, -0.1) is 0 Å². The molecule has 0 saturated carbocycles. The summed E-state index contributed by atoms with van der Waals surface area (Å²) in [6.45, 7) is 1.81. The van der Waals surface area contributed by atoms with Gasteiger partial charge in [-0.3, -0.25) is 4.98 Å². The molecule has 82 valence electrons. The zero-order valence-corrected chi connectivity index (χ0v) is 9.40. The molecule has 2 rings (SSSR count). The number of nitrogen functional groups attached to an aromatic ring is 1. The Labute approximate surface area is 98.0 Å². The molecule has 0 fully saturated rings. The molecule has 0 bridgehead atoms. The molecule has 0 atom stereocenters. The van der Waals surface area contributed by atoms with Crippen LogP contribution < -0.4 is 10.5 Å². The minimum Gasteiger partial charge on any atom is -0.435 e. The number of ether oxygens (including phenoxy) is 1. The molecule has 2 N–H and O–H groups in total. The smallest absolute Gasteiger partial charge is 0.240 e. The standard InChI is InChI=1S/C11H10ClN3O/c1-7-11(15-5-4-14-7)16-10-6-8(12)2-3-9(10)13/h2-6H,13H2,1H3. The van der Waals surface area contributed by atoms with Gasteiger partial charge >= 0.3 is 0 Å². The number of rotatable bonds is 2. The third-order valence-corrected chi connectivity index (χ3v) is 2.25. The third kappa shape index (κ3) is 2.23. The molecule has 0 spiro atoms. The van der Waals surface area contributed by atoms with Crippen LogP contribution >= 0.6 is 11.6 Å². The Morgan fingerprint density at radius 3 is 2.75 bits per heavy atom. The molecule has 0 aliphatic heterocycles. The number of benzene rings is 1. The lowest BCUT2D eigenvalue weighted by atomic mass is 10.3. The highest BCUT2D eigenvalue weighted by molar-refractivity contribution is 6.30. The molecule has 0 amide bonds. The van der Waals surface area contributed by atoms with E-state index in [0.29, 0.717) is 28.0 Å². The average Bonchev–Trinajstić information content (AvgIpc) is 2.27. The summed E-state index contributed by atoms with van der Waals surface area (Å²) in [5, 5.41) is 0.561. The first-order valence-corrected chi connectivity index (χ1v) is 5.05. The molecule has 4 nitrogen and oxygen atoms in total. The largest absolute Gasteiger partial charge is 0.435 e. The summed E-state index contributed by atoms with van der Waals surface area (Å²) in [7, 11) is 0. The zero-order chi connectivity index (χ0) is 11.5. The second-order valence-electron chi connectivity index (χ2n) is 3.23. The van der Waals surface area contributed by atoms with Crippen LogP contribution in [0.4, 0.5) is 5.69 Å². The van der Waals surface area contributed by atoms with Crippen molar-refractivity contribution in [3.63, 3.8) is 0 Å². The van der Waals surface area contributed by atoms with Gasteiger partial charge in [0.2, 0.25) is 5.88 Å². The van der Waals surface area contributed by atoms with Crippen LogP contribution in [0.3, 0.4) is 0 Å². The number of hydrogen-bond acceptors (Lipinski definition) is 4. The van der Waals surface area contributed by atoms with Crippen molar-refractivity contribution in [1.82, 2.24) is 9.97 Å². The molecule has 1 heterocycles. The van der Waals surface area contributed by atoms with Crippen molar-refractivity contribution in [2.75, 3.05) is 5.73 Å². The van der Waals surface area contributed by atoms with Crippen molar-refractivity contribution >= 4 is 17.3 Å². The van der Waals surface area contributed by atoms with E-state index in [4.69, 9.17) is 22.1 Å². The lowest BCUT2D eigenvalue weighted by Gasteiger charge is -2.08. The summed E-state index contributed by atoms with van der Waals surface area (Å²) in [5.41, 5.74) is 6.96. The zero-order valence-electron chi connectivity index (χ0n) is 8.64. The van der Waals surface area contributed by atoms with Crippen molar-refractivity contribution in [2.24, 2.45) is 0 Å². The van der Waals surface area contributed by atoms with Crippen LogP contribution in [-0.2, 0) is 0 Å². The van der Waals surface area contributed by atoms with E-state index >= 15 is 0 Å². The normalized spacial score (nSPS) is 10.1. The van der Waals surface area contributed by atoms with E-state index in [1.807, 2.05) is 6.92 Å². The Bertz CT molecular complexity index is 516. The summed E-state index contributed by atoms with van der Waals surface area (Å²) >= 11 is 5.85. The second-order valence-corrected chi connectivity index (χ2v) is 3.67. The Hall–Kier alpha value is -1.81. The number of hydrogen-bond donors (Lipinski definition) is 1. The SMILES string of the molecule is Cc1nccnc1Oc1cc(Cl)ccc1N. The van der Waals surface area contributed by atoms with Gasteiger partial charge in [-0.25, -0.2) is 4.98 Å². The monoisotopic (exact) mass is 235 g/mol. The van der Waals surface area contributed by atoms with Gasteiger partial charge in [0, 0.05) is 23.5 Å². The molecule has 0 radical (unpaired) electrons.